The fourth-order valence-electron chi connectivity index (χ4n) is 4.26. The zero-order chi connectivity index (χ0) is 21.9. The zero-order valence-corrected chi connectivity index (χ0v) is 17.8. The molecule has 0 fully saturated rings. The summed E-state index contributed by atoms with van der Waals surface area (Å²) in [7, 11) is 0. The van der Waals surface area contributed by atoms with Gasteiger partial charge < -0.3 is 10.1 Å². The van der Waals surface area contributed by atoms with Crippen LogP contribution in [-0.4, -0.2) is 29.4 Å². The number of carbonyl (C=O) groups excluding carboxylic acids is 1. The first-order valence-electron chi connectivity index (χ1n) is 10.7. The summed E-state index contributed by atoms with van der Waals surface area (Å²) in [5, 5.41) is 11.1. The van der Waals surface area contributed by atoms with E-state index in [4.69, 9.17) is 4.74 Å². The van der Waals surface area contributed by atoms with Crippen molar-refractivity contribution in [1.29, 1.82) is 0 Å². The Morgan fingerprint density at radius 2 is 1.78 bits per heavy atom. The minimum Gasteiger partial charge on any atom is -0.449 e. The smallest absolute Gasteiger partial charge is 0.407 e. The van der Waals surface area contributed by atoms with E-state index in [1.807, 2.05) is 49.4 Å². The molecule has 0 unspecified atom stereocenters. The number of hydrogen-bond donors (Lipinski definition) is 2. The second-order valence-corrected chi connectivity index (χ2v) is 7.88. The first kappa shape index (κ1) is 19.9. The molecule has 1 aliphatic rings. The summed E-state index contributed by atoms with van der Waals surface area (Å²) in [6.07, 6.45) is 0.129. The van der Waals surface area contributed by atoms with Crippen LogP contribution in [0, 0.1) is 18.8 Å². The Bertz CT molecular complexity index is 1310. The first-order valence-corrected chi connectivity index (χ1v) is 10.7. The van der Waals surface area contributed by atoms with E-state index in [1.54, 1.807) is 0 Å². The van der Waals surface area contributed by atoms with Crippen LogP contribution in [-0.2, 0) is 4.74 Å². The van der Waals surface area contributed by atoms with Crippen LogP contribution < -0.4 is 5.32 Å². The third kappa shape index (κ3) is 3.83. The van der Waals surface area contributed by atoms with Gasteiger partial charge in [0.2, 0.25) is 0 Å². The van der Waals surface area contributed by atoms with E-state index in [1.165, 1.54) is 22.3 Å². The lowest BCUT2D eigenvalue weighted by atomic mass is 9.98. The van der Waals surface area contributed by atoms with Gasteiger partial charge in [0.05, 0.1) is 5.52 Å². The Labute approximate surface area is 186 Å². The molecular weight excluding hydrogens is 398 g/mol. The molecule has 0 saturated heterocycles. The number of fused-ring (bicyclic) bond motifs is 4. The van der Waals surface area contributed by atoms with Gasteiger partial charge in [-0.05, 0) is 47.4 Å². The predicted molar refractivity (Wildman–Crippen MR) is 125 cm³/mol. The fraction of sp³-hybridized carbons (Fsp3) is 0.185. The van der Waals surface area contributed by atoms with Crippen molar-refractivity contribution in [2.75, 3.05) is 13.2 Å². The number of alkyl carbamates (subject to hydrolysis) is 1. The van der Waals surface area contributed by atoms with Crippen LogP contribution in [0.2, 0.25) is 0 Å². The van der Waals surface area contributed by atoms with E-state index < -0.39 is 6.09 Å². The molecule has 3 aromatic carbocycles. The summed E-state index contributed by atoms with van der Waals surface area (Å²) in [4.78, 5) is 12.2. The number of rotatable bonds is 4. The van der Waals surface area contributed by atoms with Gasteiger partial charge in [-0.2, -0.15) is 5.10 Å². The van der Waals surface area contributed by atoms with Crippen molar-refractivity contribution >= 4 is 17.0 Å². The van der Waals surface area contributed by atoms with Gasteiger partial charge >= 0.3 is 6.09 Å². The molecule has 2 N–H and O–H groups in total. The molecule has 4 aromatic rings. The van der Waals surface area contributed by atoms with E-state index in [-0.39, 0.29) is 5.92 Å². The number of aromatic nitrogens is 2. The lowest BCUT2D eigenvalue weighted by Gasteiger charge is -2.14. The van der Waals surface area contributed by atoms with Crippen molar-refractivity contribution in [3.63, 3.8) is 0 Å². The number of benzene rings is 3. The topological polar surface area (TPSA) is 67.0 Å². The summed E-state index contributed by atoms with van der Waals surface area (Å²) in [6.45, 7) is 2.75. The molecule has 1 aromatic heterocycles. The van der Waals surface area contributed by atoms with Crippen molar-refractivity contribution in [1.82, 2.24) is 15.5 Å². The Morgan fingerprint density at radius 1 is 1.06 bits per heavy atom. The fourth-order valence-corrected chi connectivity index (χ4v) is 4.26. The van der Waals surface area contributed by atoms with E-state index in [0.29, 0.717) is 19.6 Å². The van der Waals surface area contributed by atoms with Crippen molar-refractivity contribution in [2.24, 2.45) is 0 Å². The first-order chi connectivity index (χ1) is 15.7. The van der Waals surface area contributed by atoms with E-state index in [9.17, 15) is 4.79 Å². The highest BCUT2D eigenvalue weighted by Crippen LogP contribution is 2.44. The molecule has 0 radical (unpaired) electrons. The predicted octanol–water partition coefficient (Wildman–Crippen LogP) is 5.15. The Hall–Kier alpha value is -4.04. The Balaban J connectivity index is 1.13. The summed E-state index contributed by atoms with van der Waals surface area (Å²) < 4.78 is 5.55. The van der Waals surface area contributed by atoms with Crippen molar-refractivity contribution in [3.05, 3.63) is 89.1 Å². The van der Waals surface area contributed by atoms with Gasteiger partial charge in [-0.3, -0.25) is 5.10 Å². The quantitative estimate of drug-likeness (QED) is 0.354. The number of ether oxygens (including phenoxy) is 1. The number of amides is 1. The van der Waals surface area contributed by atoms with Crippen molar-refractivity contribution in [3.8, 4) is 23.0 Å². The van der Waals surface area contributed by atoms with Crippen molar-refractivity contribution < 1.29 is 9.53 Å². The largest absolute Gasteiger partial charge is 0.449 e. The van der Waals surface area contributed by atoms with Crippen LogP contribution in [0.5, 0.6) is 0 Å². The maximum absolute atomic E-state index is 12.2. The average Bonchev–Trinajstić information content (AvgIpc) is 3.35. The van der Waals surface area contributed by atoms with Gasteiger partial charge in [0.25, 0.3) is 0 Å². The molecule has 5 heteroatoms. The van der Waals surface area contributed by atoms with Gasteiger partial charge in [0.1, 0.15) is 6.61 Å². The SMILES string of the molecule is Cc1[nH]nc2cc(C#CCCNC(=O)OCC3c4ccccc4-c4ccccc43)ccc12. The second kappa shape index (κ2) is 8.60. The standard InChI is InChI=1S/C27H23N3O2/c1-18-20-14-13-19(16-26(20)30-29-18)8-6-7-15-28-27(31)32-17-25-23-11-4-2-9-21(23)22-10-3-5-12-24(22)25/h2-5,9-14,16,25H,7,15,17H2,1H3,(H,28,31)(H,29,30). The minimum atomic E-state index is -0.415. The lowest BCUT2D eigenvalue weighted by Crippen LogP contribution is -2.26. The number of nitrogens with one attached hydrogen (secondary N) is 2. The maximum Gasteiger partial charge on any atom is 0.407 e. The van der Waals surface area contributed by atoms with Gasteiger partial charge in [0, 0.05) is 35.5 Å². The highest BCUT2D eigenvalue weighted by Gasteiger charge is 2.28. The monoisotopic (exact) mass is 421 g/mol. The second-order valence-electron chi connectivity index (χ2n) is 7.88. The average molecular weight is 422 g/mol. The number of carbonyl (C=O) groups is 1. The number of hydrogen-bond acceptors (Lipinski definition) is 3. The Kier molecular flexibility index (Phi) is 5.35. The molecule has 158 valence electrons. The van der Waals surface area contributed by atoms with E-state index in [0.717, 1.165) is 22.2 Å². The van der Waals surface area contributed by atoms with E-state index >= 15 is 0 Å². The van der Waals surface area contributed by atoms with Gasteiger partial charge in [-0.1, -0.05) is 60.4 Å². The number of H-pyrrole nitrogens is 1. The maximum atomic E-state index is 12.2. The lowest BCUT2D eigenvalue weighted by molar-refractivity contribution is 0.143. The molecule has 5 rings (SSSR count). The molecule has 0 atom stereocenters. The molecule has 32 heavy (non-hydrogen) atoms. The minimum absolute atomic E-state index is 0.0635. The Morgan fingerprint density at radius 3 is 2.53 bits per heavy atom. The van der Waals surface area contributed by atoms with Crippen LogP contribution in [0.4, 0.5) is 4.79 Å². The van der Waals surface area contributed by atoms with Crippen molar-refractivity contribution in [2.45, 2.75) is 19.3 Å². The molecule has 0 aliphatic heterocycles. The van der Waals surface area contributed by atoms with Crippen LogP contribution >= 0.6 is 0 Å². The molecular formula is C27H23N3O2. The van der Waals surface area contributed by atoms with Gasteiger partial charge in [-0.25, -0.2) is 4.79 Å². The molecule has 1 amide bonds. The third-order valence-corrected chi connectivity index (χ3v) is 5.84. The third-order valence-electron chi connectivity index (χ3n) is 5.84. The van der Waals surface area contributed by atoms with Crippen LogP contribution in [0.15, 0.2) is 66.7 Å². The summed E-state index contributed by atoms with van der Waals surface area (Å²) in [6, 6.07) is 22.6. The highest BCUT2D eigenvalue weighted by molar-refractivity contribution is 5.82. The summed E-state index contributed by atoms with van der Waals surface area (Å²) in [5.74, 6) is 6.28. The van der Waals surface area contributed by atoms with Gasteiger partial charge in [0.15, 0.2) is 0 Å². The van der Waals surface area contributed by atoms with E-state index in [2.05, 4.69) is 51.6 Å². The normalized spacial score (nSPS) is 12.0. The van der Waals surface area contributed by atoms with Gasteiger partial charge in [-0.15, -0.1) is 0 Å². The number of aryl methyl sites for hydroxylation is 1. The molecule has 1 heterocycles. The zero-order valence-electron chi connectivity index (χ0n) is 17.8. The molecule has 1 aliphatic carbocycles. The molecule has 0 bridgehead atoms. The van der Waals surface area contributed by atoms with Crippen LogP contribution in [0.1, 0.15) is 34.7 Å². The van der Waals surface area contributed by atoms with Crippen LogP contribution in [0.3, 0.4) is 0 Å². The summed E-state index contributed by atoms with van der Waals surface area (Å²) >= 11 is 0. The van der Waals surface area contributed by atoms with Crippen LogP contribution in [0.25, 0.3) is 22.0 Å². The number of nitrogens with zero attached hydrogens (tertiary/aromatic N) is 1. The number of aromatic amines is 1. The molecule has 0 spiro atoms. The molecule has 5 nitrogen and oxygen atoms in total. The molecule has 0 saturated carbocycles. The highest BCUT2D eigenvalue weighted by atomic mass is 16.5. The summed E-state index contributed by atoms with van der Waals surface area (Å²) in [5.41, 5.74) is 7.71.